The van der Waals surface area contributed by atoms with Crippen molar-refractivity contribution in [2.45, 2.75) is 0 Å². The van der Waals surface area contributed by atoms with Crippen molar-refractivity contribution in [1.29, 1.82) is 0 Å². The van der Waals surface area contributed by atoms with Crippen molar-refractivity contribution >= 4 is 11.6 Å². The van der Waals surface area contributed by atoms with E-state index in [0.717, 1.165) is 22.6 Å². The second-order valence-corrected chi connectivity index (χ2v) is 5.15. The highest BCUT2D eigenvalue weighted by Gasteiger charge is 2.13. The first-order valence-corrected chi connectivity index (χ1v) is 7.34. The van der Waals surface area contributed by atoms with Crippen LogP contribution in [0.5, 0.6) is 11.5 Å². The van der Waals surface area contributed by atoms with Gasteiger partial charge in [0.05, 0.1) is 14.2 Å². The number of methoxy groups -OCH3 is 2. The lowest BCUT2D eigenvalue weighted by Crippen LogP contribution is -2.04. The van der Waals surface area contributed by atoms with Crippen LogP contribution in [0.25, 0.3) is 22.5 Å². The van der Waals surface area contributed by atoms with Gasteiger partial charge in [-0.05, 0) is 48.5 Å². The molecule has 0 bridgehead atoms. The van der Waals surface area contributed by atoms with E-state index in [1.54, 1.807) is 14.2 Å². The molecule has 0 radical (unpaired) electrons. The Balaban J connectivity index is 2.07. The first-order chi connectivity index (χ1) is 11.6. The van der Waals surface area contributed by atoms with Gasteiger partial charge in [-0.2, -0.15) is 0 Å². The Morgan fingerprint density at radius 2 is 1.00 bits per heavy atom. The molecule has 0 aliphatic heterocycles. The lowest BCUT2D eigenvalue weighted by Gasteiger charge is -2.11. The monoisotopic (exact) mass is 322 g/mol. The van der Waals surface area contributed by atoms with E-state index in [0.29, 0.717) is 11.4 Å². The second-order valence-electron chi connectivity index (χ2n) is 5.15. The third-order valence-corrected chi connectivity index (χ3v) is 3.68. The predicted molar refractivity (Wildman–Crippen MR) is 94.8 cm³/mol. The molecule has 6 heteroatoms. The van der Waals surface area contributed by atoms with E-state index in [9.17, 15) is 0 Å². The zero-order chi connectivity index (χ0) is 17.1. The van der Waals surface area contributed by atoms with E-state index in [4.69, 9.17) is 20.9 Å². The molecule has 0 spiro atoms. The fourth-order valence-corrected chi connectivity index (χ4v) is 2.38. The molecule has 0 saturated carbocycles. The molecule has 24 heavy (non-hydrogen) atoms. The quantitative estimate of drug-likeness (QED) is 0.766. The van der Waals surface area contributed by atoms with Crippen molar-refractivity contribution in [3.8, 4) is 34.0 Å². The summed E-state index contributed by atoms with van der Waals surface area (Å²) in [4.78, 5) is 8.87. The Kier molecular flexibility index (Phi) is 4.20. The van der Waals surface area contributed by atoms with Crippen LogP contribution in [0.15, 0.2) is 48.5 Å². The van der Waals surface area contributed by atoms with Crippen molar-refractivity contribution in [3.05, 3.63) is 48.5 Å². The van der Waals surface area contributed by atoms with Gasteiger partial charge in [-0.15, -0.1) is 0 Å². The number of nitrogens with zero attached hydrogens (tertiary/aromatic N) is 2. The summed E-state index contributed by atoms with van der Waals surface area (Å²) >= 11 is 0. The summed E-state index contributed by atoms with van der Waals surface area (Å²) in [5.41, 5.74) is 14.9. The minimum Gasteiger partial charge on any atom is -0.497 e. The van der Waals surface area contributed by atoms with E-state index < -0.39 is 0 Å². The van der Waals surface area contributed by atoms with Crippen molar-refractivity contribution in [3.63, 3.8) is 0 Å². The number of rotatable bonds is 4. The summed E-state index contributed by atoms with van der Waals surface area (Å²) in [5.74, 6) is 2.09. The molecule has 1 aromatic heterocycles. The zero-order valence-electron chi connectivity index (χ0n) is 13.5. The second kappa shape index (κ2) is 6.45. The fraction of sp³-hybridized carbons (Fsp3) is 0.111. The molecule has 4 N–H and O–H groups in total. The van der Waals surface area contributed by atoms with Crippen LogP contribution < -0.4 is 20.9 Å². The number of nitrogen functional groups attached to an aromatic ring is 2. The number of ether oxygens (including phenoxy) is 2. The van der Waals surface area contributed by atoms with Gasteiger partial charge in [-0.25, -0.2) is 9.97 Å². The average molecular weight is 322 g/mol. The van der Waals surface area contributed by atoms with Gasteiger partial charge in [0.25, 0.3) is 0 Å². The molecule has 0 amide bonds. The molecule has 122 valence electrons. The minimum absolute atomic E-state index is 0.287. The Bertz CT molecular complexity index is 777. The zero-order valence-corrected chi connectivity index (χ0v) is 13.5. The third-order valence-electron chi connectivity index (χ3n) is 3.68. The van der Waals surface area contributed by atoms with Crippen molar-refractivity contribution < 1.29 is 9.47 Å². The molecule has 0 atom stereocenters. The molecule has 0 aliphatic rings. The standard InChI is InChI=1S/C18H18N4O2/c1-23-13-7-3-11(4-8-13)15-17(19)22-18(20)16(21-15)12-5-9-14(24-2)10-6-12/h3-10H,1-2H3,(H4,19,20,22). The first kappa shape index (κ1) is 15.6. The molecule has 0 unspecified atom stereocenters. The van der Waals surface area contributed by atoms with Crippen molar-refractivity contribution in [1.82, 2.24) is 9.97 Å². The van der Waals surface area contributed by atoms with Gasteiger partial charge in [0, 0.05) is 11.1 Å². The van der Waals surface area contributed by atoms with Crippen LogP contribution in [0.4, 0.5) is 11.6 Å². The number of benzene rings is 2. The maximum Gasteiger partial charge on any atom is 0.152 e. The number of aromatic nitrogens is 2. The highest BCUT2D eigenvalue weighted by molar-refractivity contribution is 5.79. The smallest absolute Gasteiger partial charge is 0.152 e. The number of anilines is 2. The fourth-order valence-electron chi connectivity index (χ4n) is 2.38. The van der Waals surface area contributed by atoms with Gasteiger partial charge in [0.2, 0.25) is 0 Å². The Hall–Kier alpha value is -3.28. The van der Waals surface area contributed by atoms with Crippen molar-refractivity contribution in [2.24, 2.45) is 0 Å². The lowest BCUT2D eigenvalue weighted by molar-refractivity contribution is 0.415. The van der Waals surface area contributed by atoms with Gasteiger partial charge >= 0.3 is 0 Å². The topological polar surface area (TPSA) is 96.3 Å². The summed E-state index contributed by atoms with van der Waals surface area (Å²) < 4.78 is 10.3. The molecular weight excluding hydrogens is 304 g/mol. The third kappa shape index (κ3) is 2.94. The Morgan fingerprint density at radius 3 is 1.33 bits per heavy atom. The minimum atomic E-state index is 0.287. The predicted octanol–water partition coefficient (Wildman–Crippen LogP) is 2.99. The molecule has 0 aliphatic carbocycles. The normalized spacial score (nSPS) is 10.4. The maximum atomic E-state index is 6.01. The molecular formula is C18H18N4O2. The van der Waals surface area contributed by atoms with Crippen LogP contribution in [0.1, 0.15) is 0 Å². The number of nitrogens with two attached hydrogens (primary N) is 2. The summed E-state index contributed by atoms with van der Waals surface area (Å²) in [7, 11) is 3.24. The lowest BCUT2D eigenvalue weighted by atomic mass is 10.1. The van der Waals surface area contributed by atoms with E-state index in [2.05, 4.69) is 9.97 Å². The van der Waals surface area contributed by atoms with E-state index in [-0.39, 0.29) is 11.6 Å². The van der Waals surface area contributed by atoms with Crippen LogP contribution in [0.2, 0.25) is 0 Å². The van der Waals surface area contributed by atoms with Crippen LogP contribution in [-0.2, 0) is 0 Å². The van der Waals surface area contributed by atoms with Gasteiger partial charge in [0.15, 0.2) is 11.6 Å². The highest BCUT2D eigenvalue weighted by atomic mass is 16.5. The molecule has 0 fully saturated rings. The van der Waals surface area contributed by atoms with E-state index in [1.165, 1.54) is 0 Å². The summed E-state index contributed by atoms with van der Waals surface area (Å²) in [6.45, 7) is 0. The van der Waals surface area contributed by atoms with Gasteiger partial charge in [-0.3, -0.25) is 0 Å². The van der Waals surface area contributed by atoms with Gasteiger partial charge < -0.3 is 20.9 Å². The van der Waals surface area contributed by atoms with Crippen LogP contribution in [0.3, 0.4) is 0 Å². The van der Waals surface area contributed by atoms with Crippen LogP contribution >= 0.6 is 0 Å². The number of hydrogen-bond acceptors (Lipinski definition) is 6. The van der Waals surface area contributed by atoms with E-state index >= 15 is 0 Å². The molecule has 6 nitrogen and oxygen atoms in total. The summed E-state index contributed by atoms with van der Waals surface area (Å²) in [6.07, 6.45) is 0. The molecule has 1 heterocycles. The summed E-state index contributed by atoms with van der Waals surface area (Å²) in [6, 6.07) is 14.9. The molecule has 3 aromatic rings. The van der Waals surface area contributed by atoms with Gasteiger partial charge in [-0.1, -0.05) is 0 Å². The van der Waals surface area contributed by atoms with Crippen LogP contribution in [-0.4, -0.2) is 24.2 Å². The van der Waals surface area contributed by atoms with Crippen molar-refractivity contribution in [2.75, 3.05) is 25.7 Å². The van der Waals surface area contributed by atoms with Crippen LogP contribution in [0, 0.1) is 0 Å². The SMILES string of the molecule is COc1ccc(-c2nc(-c3ccc(OC)cc3)c(N)nc2N)cc1. The summed E-state index contributed by atoms with van der Waals surface area (Å²) in [5, 5.41) is 0. The number of hydrogen-bond donors (Lipinski definition) is 2. The average Bonchev–Trinajstić information content (AvgIpc) is 2.62. The Morgan fingerprint density at radius 1 is 0.625 bits per heavy atom. The molecule has 2 aromatic carbocycles. The maximum absolute atomic E-state index is 6.01. The Labute approximate surface area is 140 Å². The highest BCUT2D eigenvalue weighted by Crippen LogP contribution is 2.31. The van der Waals surface area contributed by atoms with Gasteiger partial charge in [0.1, 0.15) is 22.9 Å². The largest absolute Gasteiger partial charge is 0.497 e. The molecule has 0 saturated heterocycles. The first-order valence-electron chi connectivity index (χ1n) is 7.34. The molecule has 3 rings (SSSR count). The van der Waals surface area contributed by atoms with E-state index in [1.807, 2.05) is 48.5 Å².